The van der Waals surface area contributed by atoms with Gasteiger partial charge in [0.15, 0.2) is 0 Å². The molecule has 0 spiro atoms. The van der Waals surface area contributed by atoms with E-state index in [9.17, 15) is 25.2 Å². The first-order valence-corrected chi connectivity index (χ1v) is 9.33. The van der Waals surface area contributed by atoms with Crippen LogP contribution >= 0.6 is 0 Å². The summed E-state index contributed by atoms with van der Waals surface area (Å²) in [6.45, 7) is 1.35. The standard InChI is InChI=1S/C21H25NO7/c1-12(13-5-3-2-4-6-13)22-20(27)14-7-9-15(10-8-14)28-21-19(26)18(25)17(24)16(11-23)29-21/h2-10,12,16-19,21,23-26H,11H2,1H3,(H,22,27). The number of amides is 1. The lowest BCUT2D eigenvalue weighted by Gasteiger charge is -2.39. The van der Waals surface area contributed by atoms with E-state index in [1.54, 1.807) is 12.1 Å². The van der Waals surface area contributed by atoms with E-state index in [4.69, 9.17) is 9.47 Å². The summed E-state index contributed by atoms with van der Waals surface area (Å²) in [4.78, 5) is 12.4. The summed E-state index contributed by atoms with van der Waals surface area (Å²) in [6.07, 6.45) is -6.79. The molecule has 0 aromatic heterocycles. The topological polar surface area (TPSA) is 128 Å². The van der Waals surface area contributed by atoms with Crippen LogP contribution in [0.3, 0.4) is 0 Å². The predicted molar refractivity (Wildman–Crippen MR) is 103 cm³/mol. The van der Waals surface area contributed by atoms with Gasteiger partial charge in [-0.3, -0.25) is 4.79 Å². The molecule has 1 aliphatic rings. The van der Waals surface area contributed by atoms with Crippen molar-refractivity contribution in [2.75, 3.05) is 6.61 Å². The quantitative estimate of drug-likeness (QED) is 0.471. The minimum absolute atomic E-state index is 0.159. The van der Waals surface area contributed by atoms with E-state index < -0.39 is 37.3 Å². The molecule has 0 radical (unpaired) electrons. The van der Waals surface area contributed by atoms with Crippen LogP contribution < -0.4 is 10.1 Å². The van der Waals surface area contributed by atoms with Crippen LogP contribution in [0.4, 0.5) is 0 Å². The molecule has 8 nitrogen and oxygen atoms in total. The van der Waals surface area contributed by atoms with E-state index in [0.717, 1.165) is 5.56 Å². The molecule has 6 atom stereocenters. The van der Waals surface area contributed by atoms with Crippen molar-refractivity contribution in [1.82, 2.24) is 5.32 Å². The minimum atomic E-state index is -1.52. The summed E-state index contributed by atoms with van der Waals surface area (Å²) in [7, 11) is 0. The number of aliphatic hydroxyl groups is 4. The molecule has 29 heavy (non-hydrogen) atoms. The molecule has 1 fully saturated rings. The van der Waals surface area contributed by atoms with Gasteiger partial charge >= 0.3 is 0 Å². The van der Waals surface area contributed by atoms with Crippen molar-refractivity contribution in [3.63, 3.8) is 0 Å². The van der Waals surface area contributed by atoms with Gasteiger partial charge in [-0.05, 0) is 36.8 Å². The Hall–Kier alpha value is -2.49. The Kier molecular flexibility index (Phi) is 6.83. The predicted octanol–water partition coefficient (Wildman–Crippen LogP) is 0.356. The molecule has 2 aromatic rings. The summed E-state index contributed by atoms with van der Waals surface area (Å²) in [5.41, 5.74) is 1.41. The van der Waals surface area contributed by atoms with Crippen LogP contribution in [0.15, 0.2) is 54.6 Å². The number of aliphatic hydroxyl groups excluding tert-OH is 4. The maximum atomic E-state index is 12.4. The van der Waals surface area contributed by atoms with Crippen LogP contribution in [-0.4, -0.2) is 63.6 Å². The second-order valence-electron chi connectivity index (χ2n) is 6.95. The normalized spacial score (nSPS) is 27.8. The van der Waals surface area contributed by atoms with Crippen LogP contribution in [0.2, 0.25) is 0 Å². The third kappa shape index (κ3) is 4.92. The SMILES string of the molecule is CC(NC(=O)c1ccc(OC2OC(CO)C(O)C(O)C2O)cc1)c1ccccc1. The van der Waals surface area contributed by atoms with Crippen LogP contribution in [-0.2, 0) is 4.74 Å². The number of ether oxygens (including phenoxy) is 2. The molecule has 0 aliphatic carbocycles. The molecule has 2 aromatic carbocycles. The molecule has 1 heterocycles. The van der Waals surface area contributed by atoms with Crippen molar-refractivity contribution in [2.45, 2.75) is 43.7 Å². The fraction of sp³-hybridized carbons (Fsp3) is 0.381. The van der Waals surface area contributed by atoms with Crippen molar-refractivity contribution >= 4 is 5.91 Å². The zero-order valence-electron chi connectivity index (χ0n) is 15.9. The fourth-order valence-corrected chi connectivity index (χ4v) is 3.09. The molecule has 5 N–H and O–H groups in total. The molecule has 8 heteroatoms. The van der Waals surface area contributed by atoms with Gasteiger partial charge in [0.25, 0.3) is 5.91 Å². The van der Waals surface area contributed by atoms with Crippen LogP contribution in [0.1, 0.15) is 28.9 Å². The van der Waals surface area contributed by atoms with E-state index >= 15 is 0 Å². The second kappa shape index (κ2) is 9.34. The number of nitrogens with one attached hydrogen (secondary N) is 1. The first-order valence-electron chi connectivity index (χ1n) is 9.33. The highest BCUT2D eigenvalue weighted by Crippen LogP contribution is 2.24. The molecule has 6 unspecified atom stereocenters. The minimum Gasteiger partial charge on any atom is -0.462 e. The monoisotopic (exact) mass is 403 g/mol. The highest BCUT2D eigenvalue weighted by atomic mass is 16.7. The van der Waals surface area contributed by atoms with Crippen molar-refractivity contribution in [1.29, 1.82) is 0 Å². The summed E-state index contributed by atoms with van der Waals surface area (Å²) < 4.78 is 10.8. The van der Waals surface area contributed by atoms with Gasteiger partial charge in [-0.25, -0.2) is 0 Å². The van der Waals surface area contributed by atoms with Gasteiger partial charge < -0.3 is 35.2 Å². The Balaban J connectivity index is 1.62. The summed E-state index contributed by atoms with van der Waals surface area (Å²) in [5.74, 6) is 0.0442. The molecule has 0 saturated carbocycles. The lowest BCUT2D eigenvalue weighted by molar-refractivity contribution is -0.277. The van der Waals surface area contributed by atoms with Crippen molar-refractivity contribution in [3.8, 4) is 5.75 Å². The molecule has 1 aliphatic heterocycles. The van der Waals surface area contributed by atoms with E-state index in [2.05, 4.69) is 5.32 Å². The summed E-state index contributed by atoms with van der Waals surface area (Å²) in [6, 6.07) is 15.6. The van der Waals surface area contributed by atoms with Gasteiger partial charge in [0.1, 0.15) is 30.2 Å². The van der Waals surface area contributed by atoms with Crippen molar-refractivity contribution in [2.24, 2.45) is 0 Å². The average Bonchev–Trinajstić information content (AvgIpc) is 2.75. The van der Waals surface area contributed by atoms with Crippen LogP contribution in [0.5, 0.6) is 5.75 Å². The maximum absolute atomic E-state index is 12.4. The number of hydrogen-bond donors (Lipinski definition) is 5. The molecular formula is C21H25NO7. The van der Waals surface area contributed by atoms with Crippen molar-refractivity contribution < 1.29 is 34.7 Å². The lowest BCUT2D eigenvalue weighted by Crippen LogP contribution is -2.60. The van der Waals surface area contributed by atoms with Gasteiger partial charge in [-0.2, -0.15) is 0 Å². The Morgan fingerprint density at radius 3 is 2.31 bits per heavy atom. The third-order valence-corrected chi connectivity index (χ3v) is 4.86. The second-order valence-corrected chi connectivity index (χ2v) is 6.95. The van der Waals surface area contributed by atoms with Gasteiger partial charge in [0, 0.05) is 5.56 Å². The largest absolute Gasteiger partial charge is 0.462 e. The Morgan fingerprint density at radius 2 is 1.69 bits per heavy atom. The van der Waals surface area contributed by atoms with E-state index in [0.29, 0.717) is 11.3 Å². The summed E-state index contributed by atoms with van der Waals surface area (Å²) in [5, 5.41) is 41.8. The molecule has 1 saturated heterocycles. The van der Waals surface area contributed by atoms with Gasteiger partial charge in [-0.15, -0.1) is 0 Å². The Labute approximate surface area is 168 Å². The first kappa shape index (κ1) is 21.2. The smallest absolute Gasteiger partial charge is 0.251 e. The number of carbonyl (C=O) groups excluding carboxylic acids is 1. The number of hydrogen-bond acceptors (Lipinski definition) is 7. The molecule has 3 rings (SSSR count). The number of rotatable bonds is 6. The molecule has 0 bridgehead atoms. The molecule has 156 valence electrons. The van der Waals surface area contributed by atoms with Crippen LogP contribution in [0.25, 0.3) is 0 Å². The summed E-state index contributed by atoms with van der Waals surface area (Å²) >= 11 is 0. The Morgan fingerprint density at radius 1 is 1.03 bits per heavy atom. The zero-order valence-corrected chi connectivity index (χ0v) is 15.9. The highest BCUT2D eigenvalue weighted by Gasteiger charge is 2.44. The van der Waals surface area contributed by atoms with E-state index in [-0.39, 0.29) is 11.9 Å². The fourth-order valence-electron chi connectivity index (χ4n) is 3.09. The maximum Gasteiger partial charge on any atom is 0.251 e. The third-order valence-electron chi connectivity index (χ3n) is 4.86. The zero-order chi connectivity index (χ0) is 21.0. The van der Waals surface area contributed by atoms with Gasteiger partial charge in [-0.1, -0.05) is 30.3 Å². The number of carbonyl (C=O) groups is 1. The van der Waals surface area contributed by atoms with E-state index in [1.807, 2.05) is 37.3 Å². The van der Waals surface area contributed by atoms with Crippen molar-refractivity contribution in [3.05, 3.63) is 65.7 Å². The average molecular weight is 403 g/mol. The molecular weight excluding hydrogens is 378 g/mol. The lowest BCUT2D eigenvalue weighted by atomic mass is 9.99. The van der Waals surface area contributed by atoms with Gasteiger partial charge in [0.05, 0.1) is 12.6 Å². The van der Waals surface area contributed by atoms with E-state index in [1.165, 1.54) is 12.1 Å². The van der Waals surface area contributed by atoms with Crippen LogP contribution in [0, 0.1) is 0 Å². The molecule has 1 amide bonds. The first-order chi connectivity index (χ1) is 13.9. The highest BCUT2D eigenvalue weighted by molar-refractivity contribution is 5.94. The Bertz CT molecular complexity index is 796. The number of benzene rings is 2. The van der Waals surface area contributed by atoms with Gasteiger partial charge in [0.2, 0.25) is 6.29 Å².